The molecule has 0 amide bonds. The summed E-state index contributed by atoms with van der Waals surface area (Å²) >= 11 is 6.38. The van der Waals surface area contributed by atoms with Crippen LogP contribution in [-0.4, -0.2) is 9.21 Å². The summed E-state index contributed by atoms with van der Waals surface area (Å²) in [6.45, 7) is 2.00. The van der Waals surface area contributed by atoms with E-state index in [0.717, 1.165) is 0 Å². The molecule has 0 saturated heterocycles. The van der Waals surface area contributed by atoms with Crippen LogP contribution in [0.4, 0.5) is 0 Å². The van der Waals surface area contributed by atoms with Gasteiger partial charge in [-0.05, 0) is 6.92 Å². The highest BCUT2D eigenvalue weighted by atomic mass is 79.9. The molecular weight excluding hydrogens is 200 g/mol. The van der Waals surface area contributed by atoms with Crippen molar-refractivity contribution >= 4 is 31.9 Å². The average molecular weight is 206 g/mol. The van der Waals surface area contributed by atoms with E-state index in [2.05, 4.69) is 31.9 Å². The third-order valence-corrected chi connectivity index (χ3v) is 0. The lowest BCUT2D eigenvalue weighted by atomic mass is 11.0. The van der Waals surface area contributed by atoms with Crippen LogP contribution >= 0.6 is 31.9 Å². The molecule has 0 fully saturated rings. The van der Waals surface area contributed by atoms with Crippen molar-refractivity contribution in [1.82, 2.24) is 0 Å². The molecule has 0 aromatic rings. The minimum atomic E-state index is 0. The fraction of sp³-hybridized carbons (Fsp3) is 1.00. The molecule has 0 heterocycles. The second kappa shape index (κ2) is 4.92. The normalized spacial score (nSPS) is 7.20. The van der Waals surface area contributed by atoms with E-state index in [1.54, 1.807) is 0 Å². The Kier molecular flexibility index (Phi) is 9.18. The molecule has 0 aliphatic carbocycles. The highest BCUT2D eigenvalue weighted by Crippen LogP contribution is 2.03. The minimum absolute atomic E-state index is 0. The van der Waals surface area contributed by atoms with E-state index in [0.29, 0.717) is 3.74 Å². The quantitative estimate of drug-likeness (QED) is 0.535. The van der Waals surface area contributed by atoms with Gasteiger partial charge < -0.3 is 5.48 Å². The smallest absolute Gasteiger partial charge is 0.0669 e. The molecule has 0 bridgehead atoms. The van der Waals surface area contributed by atoms with Gasteiger partial charge in [-0.25, -0.2) is 0 Å². The van der Waals surface area contributed by atoms with E-state index in [9.17, 15) is 0 Å². The van der Waals surface area contributed by atoms with Crippen LogP contribution in [0.3, 0.4) is 0 Å². The second-order valence-corrected chi connectivity index (χ2v) is 4.49. The molecule has 5 heavy (non-hydrogen) atoms. The molecule has 0 aliphatic heterocycles. The van der Waals surface area contributed by atoms with Gasteiger partial charge in [0.2, 0.25) is 0 Å². The largest absolute Gasteiger partial charge is 0.412 e. The molecule has 0 saturated carbocycles. The summed E-state index contributed by atoms with van der Waals surface area (Å²) in [6, 6.07) is 0. The van der Waals surface area contributed by atoms with Crippen molar-refractivity contribution in [2.24, 2.45) is 0 Å². The van der Waals surface area contributed by atoms with E-state index in [1.807, 2.05) is 6.92 Å². The Morgan fingerprint density at radius 3 is 1.40 bits per heavy atom. The van der Waals surface area contributed by atoms with Gasteiger partial charge >= 0.3 is 0 Å². The van der Waals surface area contributed by atoms with Gasteiger partial charge in [-0.1, -0.05) is 31.9 Å². The molecule has 0 aromatic heterocycles. The Morgan fingerprint density at radius 1 is 1.40 bits per heavy atom. The summed E-state index contributed by atoms with van der Waals surface area (Å²) in [5.74, 6) is 0. The van der Waals surface area contributed by atoms with Crippen LogP contribution in [0.2, 0.25) is 0 Å². The number of alkyl halides is 2. The third kappa shape index (κ3) is 49.6. The molecule has 0 unspecified atom stereocenters. The van der Waals surface area contributed by atoms with Crippen LogP contribution in [0.5, 0.6) is 0 Å². The van der Waals surface area contributed by atoms with Crippen molar-refractivity contribution in [3.63, 3.8) is 0 Å². The first-order chi connectivity index (χ1) is 1.73. The van der Waals surface area contributed by atoms with Crippen LogP contribution in [0.25, 0.3) is 0 Å². The van der Waals surface area contributed by atoms with Gasteiger partial charge in [-0.15, -0.1) is 0 Å². The first-order valence-corrected chi connectivity index (χ1v) is 2.85. The number of rotatable bonds is 0. The van der Waals surface area contributed by atoms with Crippen LogP contribution in [0, 0.1) is 0 Å². The van der Waals surface area contributed by atoms with Gasteiger partial charge in [0.1, 0.15) is 0 Å². The first-order valence-electron chi connectivity index (χ1n) is 1.01. The molecule has 34 valence electrons. The zero-order valence-corrected chi connectivity index (χ0v) is 6.01. The maximum atomic E-state index is 3.19. The van der Waals surface area contributed by atoms with Crippen LogP contribution < -0.4 is 0 Å². The Hall–Kier alpha value is 0.920. The summed E-state index contributed by atoms with van der Waals surface area (Å²) in [5, 5.41) is 0. The van der Waals surface area contributed by atoms with Crippen molar-refractivity contribution in [2.75, 3.05) is 0 Å². The lowest BCUT2D eigenvalue weighted by Gasteiger charge is -1.73. The standard InChI is InChI=1S/C2H4Br2.H2O/c1-2(3)4;/h2H,1H3;1H2. The molecule has 0 rings (SSSR count). The first kappa shape index (κ1) is 9.33. The molecule has 1 nitrogen and oxygen atoms in total. The van der Waals surface area contributed by atoms with E-state index < -0.39 is 0 Å². The van der Waals surface area contributed by atoms with Gasteiger partial charge in [0.25, 0.3) is 0 Å². The summed E-state index contributed by atoms with van der Waals surface area (Å²) in [7, 11) is 0. The number of hydrogen-bond donors (Lipinski definition) is 0. The zero-order chi connectivity index (χ0) is 3.58. The lowest BCUT2D eigenvalue weighted by Crippen LogP contribution is -1.60. The fourth-order valence-corrected chi connectivity index (χ4v) is 0. The van der Waals surface area contributed by atoms with Crippen LogP contribution in [0.15, 0.2) is 0 Å². The van der Waals surface area contributed by atoms with Gasteiger partial charge in [0, 0.05) is 0 Å². The Bertz CT molecular complexity index is 12.4. The van der Waals surface area contributed by atoms with Crippen LogP contribution in [-0.2, 0) is 0 Å². The van der Waals surface area contributed by atoms with Crippen molar-refractivity contribution in [2.45, 2.75) is 10.7 Å². The molecule has 0 atom stereocenters. The molecule has 3 heteroatoms. The maximum absolute atomic E-state index is 3.19. The monoisotopic (exact) mass is 204 g/mol. The van der Waals surface area contributed by atoms with Crippen molar-refractivity contribution in [1.29, 1.82) is 0 Å². The Balaban J connectivity index is 0. The topological polar surface area (TPSA) is 31.5 Å². The van der Waals surface area contributed by atoms with Gasteiger partial charge in [0.15, 0.2) is 0 Å². The minimum Gasteiger partial charge on any atom is -0.412 e. The number of halogens is 2. The summed E-state index contributed by atoms with van der Waals surface area (Å²) < 4.78 is 0.458. The summed E-state index contributed by atoms with van der Waals surface area (Å²) in [5.41, 5.74) is 0. The van der Waals surface area contributed by atoms with Gasteiger partial charge in [-0.3, -0.25) is 0 Å². The molecule has 0 aromatic carbocycles. The van der Waals surface area contributed by atoms with Crippen LogP contribution in [0.1, 0.15) is 6.92 Å². The predicted molar refractivity (Wildman–Crippen MR) is 30.9 cm³/mol. The number of hydrogen-bond acceptors (Lipinski definition) is 0. The molecule has 0 radical (unpaired) electrons. The third-order valence-electron chi connectivity index (χ3n) is 0. The second-order valence-electron chi connectivity index (χ2n) is 0.519. The SMILES string of the molecule is CC(Br)Br.O. The van der Waals surface area contributed by atoms with Crippen molar-refractivity contribution in [3.8, 4) is 0 Å². The maximum Gasteiger partial charge on any atom is 0.0669 e. The highest BCUT2D eigenvalue weighted by Gasteiger charge is 1.74. The molecule has 0 aliphatic rings. The average Bonchev–Trinajstić information content (AvgIpc) is 0.811. The van der Waals surface area contributed by atoms with Crippen molar-refractivity contribution in [3.05, 3.63) is 0 Å². The predicted octanol–water partition coefficient (Wildman–Crippen LogP) is 1.30. The van der Waals surface area contributed by atoms with Crippen molar-refractivity contribution < 1.29 is 5.48 Å². The summed E-state index contributed by atoms with van der Waals surface area (Å²) in [4.78, 5) is 0. The summed E-state index contributed by atoms with van der Waals surface area (Å²) in [6.07, 6.45) is 0. The molecule has 0 spiro atoms. The molecule has 2 N–H and O–H groups in total. The zero-order valence-electron chi connectivity index (χ0n) is 2.83. The van der Waals surface area contributed by atoms with Gasteiger partial charge in [0.05, 0.1) is 3.74 Å². The van der Waals surface area contributed by atoms with Gasteiger partial charge in [-0.2, -0.15) is 0 Å². The highest BCUT2D eigenvalue weighted by molar-refractivity contribution is 9.24. The van der Waals surface area contributed by atoms with E-state index in [-0.39, 0.29) is 5.48 Å². The molecular formula is C2H6Br2O. The van der Waals surface area contributed by atoms with E-state index >= 15 is 0 Å². The Morgan fingerprint density at radius 2 is 1.40 bits per heavy atom. The van der Waals surface area contributed by atoms with E-state index in [4.69, 9.17) is 0 Å². The Labute approximate surface area is 48.3 Å². The fourth-order valence-electron chi connectivity index (χ4n) is 0. The van der Waals surface area contributed by atoms with E-state index in [1.165, 1.54) is 0 Å². The lowest BCUT2D eigenvalue weighted by molar-refractivity contribution is 0.824.